The highest BCUT2D eigenvalue weighted by Crippen LogP contribution is 2.50. The zero-order chi connectivity index (χ0) is 35.3. The van der Waals surface area contributed by atoms with Crippen LogP contribution in [0, 0.1) is 0 Å². The third kappa shape index (κ3) is 4.18. The normalized spacial score (nSPS) is 12.1. The molecule has 0 saturated carbocycles. The maximum Gasteiger partial charge on any atom is 0.164 e. The third-order valence-corrected chi connectivity index (χ3v) is 11.0. The van der Waals surface area contributed by atoms with Crippen molar-refractivity contribution in [2.45, 2.75) is 0 Å². The van der Waals surface area contributed by atoms with Crippen LogP contribution in [0.15, 0.2) is 174 Å². The second-order valence-corrected chi connectivity index (χ2v) is 14.0. The lowest BCUT2D eigenvalue weighted by Gasteiger charge is -2.11. The van der Waals surface area contributed by atoms with E-state index in [1.807, 2.05) is 54.6 Å². The molecule has 0 amide bonds. The Balaban J connectivity index is 1.04. The Morgan fingerprint density at radius 1 is 0.352 bits per heavy atom. The van der Waals surface area contributed by atoms with Crippen molar-refractivity contribution < 1.29 is 4.42 Å². The summed E-state index contributed by atoms with van der Waals surface area (Å²) in [5, 5.41) is 7.01. The van der Waals surface area contributed by atoms with Crippen molar-refractivity contribution in [2.24, 2.45) is 0 Å². The van der Waals surface area contributed by atoms with E-state index >= 15 is 0 Å². The lowest BCUT2D eigenvalue weighted by atomic mass is 9.98. The molecule has 8 aromatic carbocycles. The van der Waals surface area contributed by atoms with Crippen molar-refractivity contribution in [2.75, 3.05) is 0 Å². The molecule has 0 saturated heterocycles. The van der Waals surface area contributed by atoms with Crippen LogP contribution in [0.25, 0.3) is 117 Å². The van der Waals surface area contributed by atoms with Crippen LogP contribution in [0.2, 0.25) is 0 Å². The molecule has 0 bridgehead atoms. The van der Waals surface area contributed by atoms with E-state index in [-0.39, 0.29) is 0 Å². The van der Waals surface area contributed by atoms with Gasteiger partial charge in [-0.2, -0.15) is 0 Å². The molecular weight excluding hydrogens is 661 g/mol. The van der Waals surface area contributed by atoms with E-state index < -0.39 is 0 Å². The van der Waals surface area contributed by atoms with Crippen molar-refractivity contribution in [3.63, 3.8) is 0 Å². The topological polar surface area (TPSA) is 56.7 Å². The molecule has 11 aromatic rings. The van der Waals surface area contributed by atoms with Crippen LogP contribution in [-0.2, 0) is 0 Å². The highest BCUT2D eigenvalue weighted by molar-refractivity contribution is 6.19. The number of para-hydroxylation sites is 3. The number of rotatable bonds is 4. The minimum Gasteiger partial charge on any atom is -0.456 e. The average Bonchev–Trinajstić information content (AvgIpc) is 3.89. The molecule has 0 aliphatic heterocycles. The lowest BCUT2D eigenvalue weighted by Crippen LogP contribution is -2.00. The van der Waals surface area contributed by atoms with Crippen molar-refractivity contribution in [3.8, 4) is 62.1 Å². The average molecular weight is 689 g/mol. The van der Waals surface area contributed by atoms with Gasteiger partial charge < -0.3 is 8.98 Å². The Kier molecular flexibility index (Phi) is 5.99. The SMILES string of the molecule is c1ccc(-c2nc(-c3ccc4c(c3)oc3ccccc34)nc(-c3ccc4c5c(cccc35)-c3cc(-n5c6ccccc6c6ccccc65)ccc3-4)n2)cc1. The fraction of sp³-hybridized carbons (Fsp3) is 0. The first-order chi connectivity index (χ1) is 26.8. The zero-order valence-corrected chi connectivity index (χ0v) is 28.9. The molecule has 5 nitrogen and oxygen atoms in total. The molecule has 3 aromatic heterocycles. The fourth-order valence-corrected chi connectivity index (χ4v) is 8.59. The first kappa shape index (κ1) is 29.2. The van der Waals surface area contributed by atoms with E-state index in [9.17, 15) is 0 Å². The van der Waals surface area contributed by atoms with Crippen molar-refractivity contribution >= 4 is 54.5 Å². The van der Waals surface area contributed by atoms with Gasteiger partial charge in [0, 0.05) is 43.9 Å². The van der Waals surface area contributed by atoms with E-state index in [4.69, 9.17) is 19.4 Å². The molecule has 5 heteroatoms. The maximum absolute atomic E-state index is 6.27. The van der Waals surface area contributed by atoms with Crippen LogP contribution < -0.4 is 0 Å². The van der Waals surface area contributed by atoms with Crippen LogP contribution in [0.3, 0.4) is 0 Å². The number of aromatic nitrogens is 4. The number of nitrogens with zero attached hydrogens (tertiary/aromatic N) is 4. The Morgan fingerprint density at radius 3 is 1.78 bits per heavy atom. The molecule has 54 heavy (non-hydrogen) atoms. The predicted octanol–water partition coefficient (Wildman–Crippen LogP) is 12.7. The van der Waals surface area contributed by atoms with E-state index in [0.717, 1.165) is 49.7 Å². The Labute approximate surface area is 309 Å². The van der Waals surface area contributed by atoms with Crippen LogP contribution in [0.5, 0.6) is 0 Å². The molecule has 0 N–H and O–H groups in total. The molecule has 3 heterocycles. The van der Waals surface area contributed by atoms with E-state index in [2.05, 4.69) is 120 Å². The van der Waals surface area contributed by atoms with Gasteiger partial charge in [0.15, 0.2) is 17.5 Å². The van der Waals surface area contributed by atoms with Gasteiger partial charge in [-0.3, -0.25) is 0 Å². The minimum absolute atomic E-state index is 0.601. The quantitative estimate of drug-likeness (QED) is 0.185. The number of hydrogen-bond donors (Lipinski definition) is 0. The number of benzene rings is 8. The minimum atomic E-state index is 0.601. The molecule has 0 fully saturated rings. The van der Waals surface area contributed by atoms with Gasteiger partial charge in [-0.15, -0.1) is 0 Å². The Hall–Kier alpha value is -7.37. The summed E-state index contributed by atoms with van der Waals surface area (Å²) in [6, 6.07) is 59.7. The van der Waals surface area contributed by atoms with Crippen LogP contribution in [0.4, 0.5) is 0 Å². The smallest absolute Gasteiger partial charge is 0.164 e. The summed E-state index contributed by atoms with van der Waals surface area (Å²) < 4.78 is 8.66. The first-order valence-electron chi connectivity index (χ1n) is 18.2. The largest absolute Gasteiger partial charge is 0.456 e. The highest BCUT2D eigenvalue weighted by atomic mass is 16.3. The number of furan rings is 1. The summed E-state index contributed by atoms with van der Waals surface area (Å²) in [5.41, 5.74) is 12.9. The van der Waals surface area contributed by atoms with E-state index in [0.29, 0.717) is 17.5 Å². The van der Waals surface area contributed by atoms with Crippen LogP contribution in [0.1, 0.15) is 0 Å². The standard InChI is InChI=1S/C49H28N4O/c1-2-11-29(12-3-1)47-50-48(30-21-23-36-35-15-6-9-20-44(35)54-45(36)27-30)52-49(51-47)40-26-25-39-32-24-22-31(28-41(32)38-17-10-16-37(40)46(38)39)53-42-18-7-4-13-33(42)34-14-5-8-19-43(34)53/h1-28H. The molecule has 0 radical (unpaired) electrons. The zero-order valence-electron chi connectivity index (χ0n) is 28.9. The molecule has 0 unspecified atom stereocenters. The predicted molar refractivity (Wildman–Crippen MR) is 220 cm³/mol. The third-order valence-electron chi connectivity index (χ3n) is 11.0. The van der Waals surface area contributed by atoms with Gasteiger partial charge in [0.2, 0.25) is 0 Å². The van der Waals surface area contributed by atoms with E-state index in [1.165, 1.54) is 49.4 Å². The molecular formula is C49H28N4O. The first-order valence-corrected chi connectivity index (χ1v) is 18.2. The summed E-state index contributed by atoms with van der Waals surface area (Å²) in [5.74, 6) is 1.86. The van der Waals surface area contributed by atoms with Gasteiger partial charge in [0.1, 0.15) is 11.2 Å². The Morgan fingerprint density at radius 2 is 0.963 bits per heavy atom. The molecule has 0 spiro atoms. The summed E-state index contributed by atoms with van der Waals surface area (Å²) >= 11 is 0. The molecule has 12 rings (SSSR count). The summed E-state index contributed by atoms with van der Waals surface area (Å²) in [6.07, 6.45) is 0. The number of fused-ring (bicyclic) bond motifs is 9. The maximum atomic E-state index is 6.27. The van der Waals surface area contributed by atoms with Gasteiger partial charge in [-0.05, 0) is 81.6 Å². The number of hydrogen-bond acceptors (Lipinski definition) is 4. The van der Waals surface area contributed by atoms with Crippen LogP contribution >= 0.6 is 0 Å². The second-order valence-electron chi connectivity index (χ2n) is 14.0. The molecule has 1 aliphatic carbocycles. The fourth-order valence-electron chi connectivity index (χ4n) is 8.59. The summed E-state index contributed by atoms with van der Waals surface area (Å²) in [6.45, 7) is 0. The van der Waals surface area contributed by atoms with Crippen LogP contribution in [-0.4, -0.2) is 19.5 Å². The lowest BCUT2D eigenvalue weighted by molar-refractivity contribution is 0.669. The van der Waals surface area contributed by atoms with Crippen molar-refractivity contribution in [3.05, 3.63) is 170 Å². The van der Waals surface area contributed by atoms with Crippen molar-refractivity contribution in [1.29, 1.82) is 0 Å². The van der Waals surface area contributed by atoms with Gasteiger partial charge in [0.05, 0.1) is 11.0 Å². The van der Waals surface area contributed by atoms with Gasteiger partial charge in [-0.25, -0.2) is 15.0 Å². The van der Waals surface area contributed by atoms with Gasteiger partial charge in [-0.1, -0.05) is 121 Å². The Bertz CT molecular complexity index is 3280. The molecule has 250 valence electrons. The van der Waals surface area contributed by atoms with E-state index in [1.54, 1.807) is 0 Å². The van der Waals surface area contributed by atoms with Gasteiger partial charge >= 0.3 is 0 Å². The molecule has 0 atom stereocenters. The monoisotopic (exact) mass is 688 g/mol. The summed E-state index contributed by atoms with van der Waals surface area (Å²) in [4.78, 5) is 15.3. The molecule has 1 aliphatic rings. The highest BCUT2D eigenvalue weighted by Gasteiger charge is 2.25. The van der Waals surface area contributed by atoms with Crippen molar-refractivity contribution in [1.82, 2.24) is 19.5 Å². The van der Waals surface area contributed by atoms with Gasteiger partial charge in [0.25, 0.3) is 0 Å². The second kappa shape index (κ2) is 11.1. The summed E-state index contributed by atoms with van der Waals surface area (Å²) in [7, 11) is 0.